The maximum absolute atomic E-state index is 12.0. The molecule has 1 atom stereocenters. The highest BCUT2D eigenvalue weighted by Gasteiger charge is 2.27. The van der Waals surface area contributed by atoms with Crippen molar-refractivity contribution in [3.8, 4) is 0 Å². The molecule has 1 unspecified atom stereocenters. The second-order valence-corrected chi connectivity index (χ2v) is 5.87. The van der Waals surface area contributed by atoms with E-state index in [0.29, 0.717) is 12.3 Å². The molecule has 0 spiro atoms. The predicted molar refractivity (Wildman–Crippen MR) is 73.3 cm³/mol. The lowest BCUT2D eigenvalue weighted by atomic mass is 10.1. The summed E-state index contributed by atoms with van der Waals surface area (Å²) in [7, 11) is 0. The molecule has 2 N–H and O–H groups in total. The molecule has 1 amide bonds. The van der Waals surface area contributed by atoms with Gasteiger partial charge in [0.2, 0.25) is 5.91 Å². The molecule has 2 aliphatic rings. The number of carbonyl (C=O) groups excluding carboxylic acids is 1. The fourth-order valence-corrected chi connectivity index (χ4v) is 3.12. The zero-order chi connectivity index (χ0) is 13.0. The Labute approximate surface area is 110 Å². The number of carbonyl (C=O) groups is 1. The number of rotatable bonds is 4. The lowest BCUT2D eigenvalue weighted by molar-refractivity contribution is -0.133. The molecule has 0 radical (unpaired) electrons. The van der Waals surface area contributed by atoms with Crippen molar-refractivity contribution in [2.24, 2.45) is 5.73 Å². The molecule has 0 aromatic rings. The normalized spacial score (nSPS) is 24.4. The SMILES string of the molecule is CC(N)CCC(=O)N1CCN(C2CCCC2)CC1. The Bertz CT molecular complexity index is 266. The number of amides is 1. The molecule has 2 fully saturated rings. The van der Waals surface area contributed by atoms with Crippen LogP contribution in [0.25, 0.3) is 0 Å². The van der Waals surface area contributed by atoms with Crippen molar-refractivity contribution >= 4 is 5.91 Å². The van der Waals surface area contributed by atoms with E-state index in [-0.39, 0.29) is 6.04 Å². The van der Waals surface area contributed by atoms with Crippen molar-refractivity contribution in [1.82, 2.24) is 9.80 Å². The second kappa shape index (κ2) is 6.53. The second-order valence-electron chi connectivity index (χ2n) is 5.87. The van der Waals surface area contributed by atoms with E-state index in [1.54, 1.807) is 0 Å². The molecule has 18 heavy (non-hydrogen) atoms. The molecule has 104 valence electrons. The van der Waals surface area contributed by atoms with E-state index in [2.05, 4.69) is 4.90 Å². The van der Waals surface area contributed by atoms with Crippen LogP contribution in [-0.2, 0) is 4.79 Å². The van der Waals surface area contributed by atoms with Crippen LogP contribution in [0.2, 0.25) is 0 Å². The summed E-state index contributed by atoms with van der Waals surface area (Å²) in [5.74, 6) is 0.290. The summed E-state index contributed by atoms with van der Waals surface area (Å²) in [5.41, 5.74) is 5.70. The molecule has 4 heteroatoms. The lowest BCUT2D eigenvalue weighted by Crippen LogP contribution is -2.51. The first-order valence-corrected chi connectivity index (χ1v) is 7.44. The molecule has 1 saturated heterocycles. The Hall–Kier alpha value is -0.610. The third-order valence-electron chi connectivity index (χ3n) is 4.32. The van der Waals surface area contributed by atoms with Gasteiger partial charge in [0.05, 0.1) is 0 Å². The molecule has 0 bridgehead atoms. The van der Waals surface area contributed by atoms with Gasteiger partial charge in [-0.2, -0.15) is 0 Å². The zero-order valence-corrected chi connectivity index (χ0v) is 11.6. The Morgan fingerprint density at radius 3 is 2.39 bits per heavy atom. The Balaban J connectivity index is 1.70. The van der Waals surface area contributed by atoms with E-state index in [9.17, 15) is 4.79 Å². The smallest absolute Gasteiger partial charge is 0.222 e. The first kappa shape index (κ1) is 13.8. The maximum atomic E-state index is 12.0. The molecule has 2 rings (SSSR count). The van der Waals surface area contributed by atoms with Crippen molar-refractivity contribution in [3.63, 3.8) is 0 Å². The van der Waals surface area contributed by atoms with Crippen LogP contribution in [0, 0.1) is 0 Å². The monoisotopic (exact) mass is 253 g/mol. The molecule has 1 saturated carbocycles. The van der Waals surface area contributed by atoms with Gasteiger partial charge < -0.3 is 10.6 Å². The van der Waals surface area contributed by atoms with Gasteiger partial charge in [-0.05, 0) is 26.2 Å². The first-order valence-electron chi connectivity index (χ1n) is 7.44. The van der Waals surface area contributed by atoms with E-state index in [0.717, 1.165) is 38.6 Å². The molecule has 1 heterocycles. The van der Waals surface area contributed by atoms with E-state index in [1.165, 1.54) is 25.7 Å². The topological polar surface area (TPSA) is 49.6 Å². The highest BCUT2D eigenvalue weighted by Crippen LogP contribution is 2.24. The summed E-state index contributed by atoms with van der Waals surface area (Å²) in [6.07, 6.45) is 6.91. The van der Waals surface area contributed by atoms with Crippen LogP contribution in [-0.4, -0.2) is 54.0 Å². The number of nitrogens with two attached hydrogens (primary N) is 1. The lowest BCUT2D eigenvalue weighted by Gasteiger charge is -2.38. The minimum atomic E-state index is 0.133. The molecule has 0 aromatic carbocycles. The molecule has 1 aliphatic heterocycles. The van der Waals surface area contributed by atoms with Crippen LogP contribution in [0.15, 0.2) is 0 Å². The third kappa shape index (κ3) is 3.69. The molecule has 0 aromatic heterocycles. The van der Waals surface area contributed by atoms with Gasteiger partial charge in [0, 0.05) is 44.7 Å². The van der Waals surface area contributed by atoms with E-state index < -0.39 is 0 Å². The van der Waals surface area contributed by atoms with Crippen LogP contribution in [0.4, 0.5) is 0 Å². The quantitative estimate of drug-likeness (QED) is 0.819. The van der Waals surface area contributed by atoms with Gasteiger partial charge in [-0.15, -0.1) is 0 Å². The van der Waals surface area contributed by atoms with Crippen LogP contribution >= 0.6 is 0 Å². The number of piperazine rings is 1. The minimum absolute atomic E-state index is 0.133. The predicted octanol–water partition coefficient (Wildman–Crippen LogP) is 1.20. The summed E-state index contributed by atoms with van der Waals surface area (Å²) >= 11 is 0. The number of nitrogens with zero attached hydrogens (tertiary/aromatic N) is 2. The fourth-order valence-electron chi connectivity index (χ4n) is 3.12. The highest BCUT2D eigenvalue weighted by molar-refractivity contribution is 5.76. The van der Waals surface area contributed by atoms with Crippen molar-refractivity contribution in [1.29, 1.82) is 0 Å². The van der Waals surface area contributed by atoms with Crippen molar-refractivity contribution in [2.45, 2.75) is 57.5 Å². The summed E-state index contributed by atoms with van der Waals surface area (Å²) in [4.78, 5) is 16.6. The van der Waals surface area contributed by atoms with Gasteiger partial charge in [-0.25, -0.2) is 0 Å². The average molecular weight is 253 g/mol. The Kier molecular flexibility index (Phi) is 5.01. The molecule has 4 nitrogen and oxygen atoms in total. The average Bonchev–Trinajstić information content (AvgIpc) is 2.90. The Morgan fingerprint density at radius 2 is 1.83 bits per heavy atom. The van der Waals surface area contributed by atoms with Crippen LogP contribution in [0.1, 0.15) is 45.4 Å². The number of hydrogen-bond donors (Lipinski definition) is 1. The summed E-state index contributed by atoms with van der Waals surface area (Å²) in [6.45, 7) is 5.91. The third-order valence-corrected chi connectivity index (χ3v) is 4.32. The standard InChI is InChI=1S/C14H27N3O/c1-12(15)6-7-14(18)17-10-8-16(9-11-17)13-4-2-3-5-13/h12-13H,2-11,15H2,1H3. The van der Waals surface area contributed by atoms with Gasteiger partial charge in [0.1, 0.15) is 0 Å². The van der Waals surface area contributed by atoms with Crippen LogP contribution in [0.3, 0.4) is 0 Å². The van der Waals surface area contributed by atoms with Gasteiger partial charge in [-0.1, -0.05) is 12.8 Å². The van der Waals surface area contributed by atoms with E-state index >= 15 is 0 Å². The van der Waals surface area contributed by atoms with Gasteiger partial charge in [0.15, 0.2) is 0 Å². The van der Waals surface area contributed by atoms with Crippen LogP contribution in [0.5, 0.6) is 0 Å². The first-order chi connectivity index (χ1) is 8.66. The minimum Gasteiger partial charge on any atom is -0.340 e. The van der Waals surface area contributed by atoms with Crippen molar-refractivity contribution in [2.75, 3.05) is 26.2 Å². The summed E-state index contributed by atoms with van der Waals surface area (Å²) in [6, 6.07) is 0.931. The van der Waals surface area contributed by atoms with Gasteiger partial charge in [0.25, 0.3) is 0 Å². The molecular weight excluding hydrogens is 226 g/mol. The molecular formula is C14H27N3O. The fraction of sp³-hybridized carbons (Fsp3) is 0.929. The van der Waals surface area contributed by atoms with E-state index in [4.69, 9.17) is 5.73 Å². The molecule has 1 aliphatic carbocycles. The van der Waals surface area contributed by atoms with E-state index in [1.807, 2.05) is 11.8 Å². The van der Waals surface area contributed by atoms with Gasteiger partial charge >= 0.3 is 0 Å². The van der Waals surface area contributed by atoms with Crippen molar-refractivity contribution in [3.05, 3.63) is 0 Å². The van der Waals surface area contributed by atoms with Crippen LogP contribution < -0.4 is 5.73 Å². The largest absolute Gasteiger partial charge is 0.340 e. The summed E-state index contributed by atoms with van der Waals surface area (Å²) in [5, 5.41) is 0. The maximum Gasteiger partial charge on any atom is 0.222 e. The zero-order valence-electron chi connectivity index (χ0n) is 11.6. The number of hydrogen-bond acceptors (Lipinski definition) is 3. The Morgan fingerprint density at radius 1 is 1.22 bits per heavy atom. The highest BCUT2D eigenvalue weighted by atomic mass is 16.2. The van der Waals surface area contributed by atoms with Crippen molar-refractivity contribution < 1.29 is 4.79 Å². The van der Waals surface area contributed by atoms with Gasteiger partial charge in [-0.3, -0.25) is 9.69 Å². The summed E-state index contributed by atoms with van der Waals surface area (Å²) < 4.78 is 0.